The molecule has 0 bridgehead atoms. The van der Waals surface area contributed by atoms with Gasteiger partial charge in [0.2, 0.25) is 0 Å². The summed E-state index contributed by atoms with van der Waals surface area (Å²) < 4.78 is 17.0. The summed E-state index contributed by atoms with van der Waals surface area (Å²) in [5, 5.41) is 6.65. The number of benzene rings is 1. The van der Waals surface area contributed by atoms with Crippen LogP contribution in [0.15, 0.2) is 23.2 Å². The monoisotopic (exact) mass is 422 g/mol. The Morgan fingerprint density at radius 3 is 2.43 bits per heavy atom. The van der Waals surface area contributed by atoms with Crippen LogP contribution in [0.3, 0.4) is 0 Å². The lowest BCUT2D eigenvalue weighted by atomic mass is 10.2. The molecule has 172 valence electrons. The van der Waals surface area contributed by atoms with Crippen LogP contribution < -0.4 is 20.1 Å². The molecule has 0 saturated carbocycles. The molecule has 0 atom stereocenters. The molecular formula is C23H42N4O3. The first-order chi connectivity index (χ1) is 14.7. The summed E-state index contributed by atoms with van der Waals surface area (Å²) in [4.78, 5) is 6.61. The number of unbranched alkanes of at least 4 members (excludes halogenated alkanes) is 1. The van der Waals surface area contributed by atoms with Gasteiger partial charge in [-0.2, -0.15) is 0 Å². The van der Waals surface area contributed by atoms with Gasteiger partial charge in [-0.1, -0.05) is 33.3 Å². The fourth-order valence-corrected chi connectivity index (χ4v) is 2.90. The van der Waals surface area contributed by atoms with Crippen LogP contribution in [0.5, 0.6) is 11.5 Å². The third kappa shape index (κ3) is 10.7. The number of nitrogens with zero attached hydrogens (tertiary/aromatic N) is 2. The largest absolute Gasteiger partial charge is 0.493 e. The average molecular weight is 423 g/mol. The Labute approximate surface area is 183 Å². The van der Waals surface area contributed by atoms with Crippen molar-refractivity contribution in [3.05, 3.63) is 23.8 Å². The third-order valence-corrected chi connectivity index (χ3v) is 4.87. The van der Waals surface area contributed by atoms with E-state index in [0.717, 1.165) is 75.3 Å². The smallest absolute Gasteiger partial charge is 0.191 e. The number of guanidine groups is 1. The lowest BCUT2D eigenvalue weighted by Crippen LogP contribution is -2.37. The molecule has 0 aliphatic rings. The van der Waals surface area contributed by atoms with E-state index in [9.17, 15) is 0 Å². The molecule has 0 unspecified atom stereocenters. The quantitative estimate of drug-likeness (QED) is 0.242. The van der Waals surface area contributed by atoms with Gasteiger partial charge >= 0.3 is 0 Å². The van der Waals surface area contributed by atoms with Crippen molar-refractivity contribution in [1.29, 1.82) is 0 Å². The van der Waals surface area contributed by atoms with Crippen LogP contribution in [0, 0.1) is 0 Å². The molecule has 30 heavy (non-hydrogen) atoms. The second kappa shape index (κ2) is 16.8. The number of hydrogen-bond acceptors (Lipinski definition) is 5. The first-order valence-corrected chi connectivity index (χ1v) is 11.2. The summed E-state index contributed by atoms with van der Waals surface area (Å²) in [6.45, 7) is 13.2. The molecule has 2 N–H and O–H groups in total. The standard InChI is InChI=1S/C23H42N4O3/c1-6-9-15-29-16-10-13-25-23(24-4)26-19-20-11-12-21(22(18-20)28-5)30-17-14-27(7-2)8-3/h11-12,18H,6-10,13-17,19H2,1-5H3,(H2,24,25,26). The predicted octanol–water partition coefficient (Wildman–Crippen LogP) is 3.29. The van der Waals surface area contributed by atoms with Gasteiger partial charge in [-0.3, -0.25) is 4.99 Å². The van der Waals surface area contributed by atoms with Gasteiger partial charge < -0.3 is 29.7 Å². The normalized spacial score (nSPS) is 11.6. The van der Waals surface area contributed by atoms with E-state index in [1.807, 2.05) is 12.1 Å². The molecule has 7 heteroatoms. The van der Waals surface area contributed by atoms with Crippen molar-refractivity contribution in [3.8, 4) is 11.5 Å². The van der Waals surface area contributed by atoms with Crippen molar-refractivity contribution >= 4 is 5.96 Å². The summed E-state index contributed by atoms with van der Waals surface area (Å²) in [5.41, 5.74) is 1.11. The van der Waals surface area contributed by atoms with Gasteiger partial charge in [-0.05, 0) is 43.6 Å². The number of likely N-dealkylation sites (N-methyl/N-ethyl adjacent to an activating group) is 1. The highest BCUT2D eigenvalue weighted by molar-refractivity contribution is 5.79. The second-order valence-electron chi connectivity index (χ2n) is 7.03. The van der Waals surface area contributed by atoms with Crippen molar-refractivity contribution in [2.45, 2.75) is 46.6 Å². The Morgan fingerprint density at radius 2 is 1.77 bits per heavy atom. The maximum Gasteiger partial charge on any atom is 0.191 e. The van der Waals surface area contributed by atoms with Crippen molar-refractivity contribution in [2.24, 2.45) is 4.99 Å². The zero-order valence-electron chi connectivity index (χ0n) is 19.6. The van der Waals surface area contributed by atoms with E-state index >= 15 is 0 Å². The molecule has 7 nitrogen and oxygen atoms in total. The molecule has 1 aromatic carbocycles. The van der Waals surface area contributed by atoms with E-state index in [4.69, 9.17) is 14.2 Å². The predicted molar refractivity (Wildman–Crippen MR) is 125 cm³/mol. The lowest BCUT2D eigenvalue weighted by Gasteiger charge is -2.19. The zero-order valence-corrected chi connectivity index (χ0v) is 19.6. The number of rotatable bonds is 16. The molecule has 0 aromatic heterocycles. The van der Waals surface area contributed by atoms with Gasteiger partial charge in [-0.15, -0.1) is 0 Å². The highest BCUT2D eigenvalue weighted by Crippen LogP contribution is 2.28. The Hall–Kier alpha value is -1.99. The summed E-state index contributed by atoms with van der Waals surface area (Å²) in [7, 11) is 3.45. The number of hydrogen-bond donors (Lipinski definition) is 2. The number of methoxy groups -OCH3 is 1. The SMILES string of the molecule is CCCCOCCCNC(=NC)NCc1ccc(OCCN(CC)CC)c(OC)c1. The second-order valence-corrected chi connectivity index (χ2v) is 7.03. The first kappa shape index (κ1) is 26.0. The minimum atomic E-state index is 0.647. The van der Waals surface area contributed by atoms with Crippen molar-refractivity contribution < 1.29 is 14.2 Å². The fraction of sp³-hybridized carbons (Fsp3) is 0.696. The van der Waals surface area contributed by atoms with E-state index in [1.54, 1.807) is 14.2 Å². The van der Waals surface area contributed by atoms with Gasteiger partial charge in [-0.25, -0.2) is 0 Å². The zero-order chi connectivity index (χ0) is 22.0. The molecule has 0 amide bonds. The Morgan fingerprint density at radius 1 is 1.00 bits per heavy atom. The molecule has 0 aliphatic heterocycles. The first-order valence-electron chi connectivity index (χ1n) is 11.2. The third-order valence-electron chi connectivity index (χ3n) is 4.87. The fourth-order valence-electron chi connectivity index (χ4n) is 2.90. The molecule has 1 rings (SSSR count). The van der Waals surface area contributed by atoms with Gasteiger partial charge in [0.15, 0.2) is 17.5 Å². The molecule has 0 heterocycles. The minimum Gasteiger partial charge on any atom is -0.493 e. The highest BCUT2D eigenvalue weighted by Gasteiger charge is 2.08. The Kier molecular flexibility index (Phi) is 14.6. The van der Waals surface area contributed by atoms with Crippen LogP contribution in [-0.4, -0.2) is 71.0 Å². The van der Waals surface area contributed by atoms with Crippen LogP contribution in [0.1, 0.15) is 45.6 Å². The molecule has 0 fully saturated rings. The number of aliphatic imine (C=N–C) groups is 1. The van der Waals surface area contributed by atoms with E-state index in [1.165, 1.54) is 6.42 Å². The van der Waals surface area contributed by atoms with Crippen LogP contribution in [-0.2, 0) is 11.3 Å². The van der Waals surface area contributed by atoms with Crippen LogP contribution >= 0.6 is 0 Å². The summed E-state index contributed by atoms with van der Waals surface area (Å²) in [5.74, 6) is 2.31. The number of nitrogens with one attached hydrogen (secondary N) is 2. The van der Waals surface area contributed by atoms with Crippen molar-refractivity contribution in [3.63, 3.8) is 0 Å². The van der Waals surface area contributed by atoms with Gasteiger partial charge in [0.05, 0.1) is 7.11 Å². The van der Waals surface area contributed by atoms with Crippen molar-refractivity contribution in [1.82, 2.24) is 15.5 Å². The maximum absolute atomic E-state index is 5.93. The Balaban J connectivity index is 2.41. The summed E-state index contributed by atoms with van der Waals surface area (Å²) >= 11 is 0. The average Bonchev–Trinajstić information content (AvgIpc) is 2.78. The molecule has 0 aliphatic carbocycles. The Bertz CT molecular complexity index is 592. The van der Waals surface area contributed by atoms with Crippen LogP contribution in [0.4, 0.5) is 0 Å². The van der Waals surface area contributed by atoms with Gasteiger partial charge in [0.1, 0.15) is 6.61 Å². The molecular weight excluding hydrogens is 380 g/mol. The molecule has 1 aromatic rings. The van der Waals surface area contributed by atoms with Gasteiger partial charge in [0.25, 0.3) is 0 Å². The van der Waals surface area contributed by atoms with E-state index in [0.29, 0.717) is 13.2 Å². The van der Waals surface area contributed by atoms with Crippen molar-refractivity contribution in [2.75, 3.05) is 60.2 Å². The van der Waals surface area contributed by atoms with E-state index < -0.39 is 0 Å². The summed E-state index contributed by atoms with van der Waals surface area (Å²) in [6, 6.07) is 6.04. The van der Waals surface area contributed by atoms with E-state index in [-0.39, 0.29) is 0 Å². The summed E-state index contributed by atoms with van der Waals surface area (Å²) in [6.07, 6.45) is 3.25. The molecule has 0 radical (unpaired) electrons. The van der Waals surface area contributed by atoms with Crippen LogP contribution in [0.2, 0.25) is 0 Å². The van der Waals surface area contributed by atoms with E-state index in [2.05, 4.69) is 47.4 Å². The highest BCUT2D eigenvalue weighted by atomic mass is 16.5. The van der Waals surface area contributed by atoms with Crippen LogP contribution in [0.25, 0.3) is 0 Å². The molecule has 0 saturated heterocycles. The topological polar surface area (TPSA) is 67.3 Å². The van der Waals surface area contributed by atoms with Gasteiger partial charge in [0, 0.05) is 39.9 Å². The minimum absolute atomic E-state index is 0.647. The molecule has 0 spiro atoms. The number of ether oxygens (including phenoxy) is 3. The maximum atomic E-state index is 5.93. The lowest BCUT2D eigenvalue weighted by molar-refractivity contribution is 0.129.